The van der Waals surface area contributed by atoms with Gasteiger partial charge in [-0.2, -0.15) is 0 Å². The first-order valence-electron chi connectivity index (χ1n) is 7.80. The molecule has 1 aliphatic heterocycles. The maximum Gasteiger partial charge on any atom is 0.244 e. The van der Waals surface area contributed by atoms with Crippen LogP contribution in [0.5, 0.6) is 5.75 Å². The average molecular weight is 352 g/mol. The van der Waals surface area contributed by atoms with Gasteiger partial charge in [-0.3, -0.25) is 14.5 Å². The number of carbonyl (C=O) groups excluding carboxylic acids is 2. The molecule has 0 unspecified atom stereocenters. The number of nitrogens with zero attached hydrogens (tertiary/aromatic N) is 1. The molecule has 1 fully saturated rings. The maximum absolute atomic E-state index is 12.1. The van der Waals surface area contributed by atoms with Gasteiger partial charge in [-0.05, 0) is 37.1 Å². The predicted octanol–water partition coefficient (Wildman–Crippen LogP) is 1.43. The molecule has 1 saturated heterocycles. The van der Waals surface area contributed by atoms with Crippen LogP contribution in [0.1, 0.15) is 18.4 Å². The summed E-state index contributed by atoms with van der Waals surface area (Å²) in [6, 6.07) is 5.34. The van der Waals surface area contributed by atoms with Crippen molar-refractivity contribution in [1.29, 1.82) is 0 Å². The number of hydrogen-bond donors (Lipinski definition) is 2. The number of methoxy groups -OCH3 is 1. The van der Waals surface area contributed by atoms with Crippen LogP contribution in [0.3, 0.4) is 0 Å². The van der Waals surface area contributed by atoms with Crippen LogP contribution < -0.4 is 15.8 Å². The zero-order valence-electron chi connectivity index (χ0n) is 13.6. The fourth-order valence-corrected chi connectivity index (χ4v) is 2.89. The number of likely N-dealkylation sites (tertiary alicyclic amines) is 1. The summed E-state index contributed by atoms with van der Waals surface area (Å²) in [5, 5.41) is 3.55. The summed E-state index contributed by atoms with van der Waals surface area (Å²) in [4.78, 5) is 25.0. The number of rotatable bonds is 6. The number of nitrogens with two attached hydrogens (primary N) is 1. The molecule has 6 nitrogen and oxygen atoms in total. The molecule has 0 radical (unpaired) electrons. The van der Waals surface area contributed by atoms with Crippen LogP contribution in [-0.2, 0) is 9.59 Å². The Morgan fingerprint density at radius 3 is 2.75 bits per heavy atom. The number of piperidine rings is 1. The second-order valence-corrected chi connectivity index (χ2v) is 6.18. The van der Waals surface area contributed by atoms with Gasteiger partial charge in [0, 0.05) is 35.8 Å². The lowest BCUT2D eigenvalue weighted by Gasteiger charge is -2.31. The number of amides is 2. The molecule has 0 atom stereocenters. The number of nitrogens with one attached hydrogen (secondary N) is 1. The van der Waals surface area contributed by atoms with Gasteiger partial charge in [0.2, 0.25) is 11.8 Å². The molecule has 1 aromatic carbocycles. The van der Waals surface area contributed by atoms with Gasteiger partial charge in [0.15, 0.2) is 0 Å². The monoisotopic (exact) mass is 351 g/mol. The van der Waals surface area contributed by atoms with Crippen molar-refractivity contribution in [3.05, 3.63) is 34.9 Å². The highest BCUT2D eigenvalue weighted by Gasteiger charge is 2.20. The Kier molecular flexibility index (Phi) is 6.63. The van der Waals surface area contributed by atoms with E-state index in [-0.39, 0.29) is 24.4 Å². The largest absolute Gasteiger partial charge is 0.496 e. The molecule has 1 aliphatic rings. The van der Waals surface area contributed by atoms with E-state index < -0.39 is 0 Å². The summed E-state index contributed by atoms with van der Waals surface area (Å²) in [6.07, 6.45) is 4.76. The van der Waals surface area contributed by atoms with Crippen molar-refractivity contribution in [3.63, 3.8) is 0 Å². The van der Waals surface area contributed by atoms with Gasteiger partial charge in [-0.15, -0.1) is 0 Å². The average Bonchev–Trinajstić information content (AvgIpc) is 2.54. The normalized spacial score (nSPS) is 16.2. The standard InChI is InChI=1S/C17H22ClN3O3/c1-24-15-4-3-13(18)10-12(15)2-5-17(23)20-14-6-8-21(9-7-14)11-16(19)22/h2-5,10,14H,6-9,11H2,1H3,(H2,19,22)(H,20,23)/b5-2+. The van der Waals surface area contributed by atoms with Crippen LogP contribution >= 0.6 is 11.6 Å². The van der Waals surface area contributed by atoms with Crippen molar-refractivity contribution < 1.29 is 14.3 Å². The Morgan fingerprint density at radius 2 is 2.12 bits per heavy atom. The first kappa shape index (κ1) is 18.3. The van der Waals surface area contributed by atoms with Gasteiger partial charge in [-0.25, -0.2) is 0 Å². The molecule has 7 heteroatoms. The van der Waals surface area contributed by atoms with Crippen LogP contribution in [-0.4, -0.2) is 49.5 Å². The Hall–Kier alpha value is -2.05. The summed E-state index contributed by atoms with van der Waals surface area (Å²) < 4.78 is 5.24. The second kappa shape index (κ2) is 8.70. The molecule has 130 valence electrons. The lowest BCUT2D eigenvalue weighted by Crippen LogP contribution is -2.46. The number of benzene rings is 1. The minimum absolute atomic E-state index is 0.104. The molecule has 1 heterocycles. The highest BCUT2D eigenvalue weighted by molar-refractivity contribution is 6.30. The Balaban J connectivity index is 1.86. The van der Waals surface area contributed by atoms with Crippen molar-refractivity contribution in [2.45, 2.75) is 18.9 Å². The Morgan fingerprint density at radius 1 is 1.42 bits per heavy atom. The zero-order chi connectivity index (χ0) is 17.5. The summed E-state index contributed by atoms with van der Waals surface area (Å²) in [5.74, 6) is 0.171. The van der Waals surface area contributed by atoms with Crippen molar-refractivity contribution >= 4 is 29.5 Å². The first-order valence-corrected chi connectivity index (χ1v) is 8.18. The van der Waals surface area contributed by atoms with Crippen LogP contribution in [0, 0.1) is 0 Å². The molecule has 0 saturated carbocycles. The van der Waals surface area contributed by atoms with Gasteiger partial charge in [0.25, 0.3) is 0 Å². The van der Waals surface area contributed by atoms with Gasteiger partial charge < -0.3 is 15.8 Å². The van der Waals surface area contributed by atoms with Crippen molar-refractivity contribution in [1.82, 2.24) is 10.2 Å². The summed E-state index contributed by atoms with van der Waals surface area (Å²) in [5.41, 5.74) is 5.94. The number of primary amides is 1. The number of hydrogen-bond acceptors (Lipinski definition) is 4. The highest BCUT2D eigenvalue weighted by Crippen LogP contribution is 2.23. The van der Waals surface area contributed by atoms with E-state index in [1.54, 1.807) is 31.4 Å². The van der Waals surface area contributed by atoms with Crippen LogP contribution in [0.25, 0.3) is 6.08 Å². The van der Waals surface area contributed by atoms with Gasteiger partial charge in [0.05, 0.1) is 13.7 Å². The van der Waals surface area contributed by atoms with E-state index in [1.165, 1.54) is 6.08 Å². The topological polar surface area (TPSA) is 84.7 Å². The van der Waals surface area contributed by atoms with Crippen LogP contribution in [0.4, 0.5) is 0 Å². The van der Waals surface area contributed by atoms with Gasteiger partial charge in [-0.1, -0.05) is 11.6 Å². The van der Waals surface area contributed by atoms with Gasteiger partial charge >= 0.3 is 0 Å². The van der Waals surface area contributed by atoms with Crippen LogP contribution in [0.2, 0.25) is 5.02 Å². The fourth-order valence-electron chi connectivity index (χ4n) is 2.71. The first-order chi connectivity index (χ1) is 11.5. The third-order valence-corrected chi connectivity index (χ3v) is 4.15. The summed E-state index contributed by atoms with van der Waals surface area (Å²) in [6.45, 7) is 1.77. The maximum atomic E-state index is 12.1. The molecular weight excluding hydrogens is 330 g/mol. The van der Waals surface area contributed by atoms with Crippen LogP contribution in [0.15, 0.2) is 24.3 Å². The molecule has 0 aromatic heterocycles. The van der Waals surface area contributed by atoms with E-state index in [4.69, 9.17) is 22.1 Å². The molecular formula is C17H22ClN3O3. The number of halogens is 1. The third kappa shape index (κ3) is 5.54. The minimum atomic E-state index is -0.323. The van der Waals surface area contributed by atoms with E-state index in [0.717, 1.165) is 31.5 Å². The Labute approximate surface area is 146 Å². The third-order valence-electron chi connectivity index (χ3n) is 3.92. The van der Waals surface area contributed by atoms with E-state index in [9.17, 15) is 9.59 Å². The highest BCUT2D eigenvalue weighted by atomic mass is 35.5. The molecule has 3 N–H and O–H groups in total. The molecule has 24 heavy (non-hydrogen) atoms. The summed E-state index contributed by atoms with van der Waals surface area (Å²) >= 11 is 5.97. The van der Waals surface area contributed by atoms with E-state index in [0.29, 0.717) is 10.8 Å². The SMILES string of the molecule is COc1ccc(Cl)cc1/C=C/C(=O)NC1CCN(CC(N)=O)CC1. The van der Waals surface area contributed by atoms with Crippen molar-refractivity contribution in [3.8, 4) is 5.75 Å². The minimum Gasteiger partial charge on any atom is -0.496 e. The predicted molar refractivity (Wildman–Crippen MR) is 93.8 cm³/mol. The van der Waals surface area contributed by atoms with E-state index >= 15 is 0 Å². The molecule has 1 aromatic rings. The molecule has 0 aliphatic carbocycles. The van der Waals surface area contributed by atoms with Gasteiger partial charge in [0.1, 0.15) is 5.75 Å². The lowest BCUT2D eigenvalue weighted by atomic mass is 10.0. The molecule has 2 rings (SSSR count). The van der Waals surface area contributed by atoms with E-state index in [1.807, 2.05) is 4.90 Å². The lowest BCUT2D eigenvalue weighted by molar-refractivity contribution is -0.120. The molecule has 0 bridgehead atoms. The number of carbonyl (C=O) groups is 2. The quantitative estimate of drug-likeness (QED) is 0.759. The smallest absolute Gasteiger partial charge is 0.244 e. The van der Waals surface area contributed by atoms with E-state index in [2.05, 4.69) is 5.32 Å². The molecule has 2 amide bonds. The Bertz CT molecular complexity index is 626. The zero-order valence-corrected chi connectivity index (χ0v) is 14.4. The second-order valence-electron chi connectivity index (χ2n) is 5.74. The number of ether oxygens (including phenoxy) is 1. The molecule has 0 spiro atoms. The fraction of sp³-hybridized carbons (Fsp3) is 0.412. The van der Waals surface area contributed by atoms with Crippen molar-refractivity contribution in [2.75, 3.05) is 26.7 Å². The van der Waals surface area contributed by atoms with Crippen molar-refractivity contribution in [2.24, 2.45) is 5.73 Å². The summed E-state index contributed by atoms with van der Waals surface area (Å²) in [7, 11) is 1.57.